The molecule has 2 amide bonds. The van der Waals surface area contributed by atoms with Crippen LogP contribution < -0.4 is 10.8 Å². The van der Waals surface area contributed by atoms with Gasteiger partial charge in [0.15, 0.2) is 0 Å². The Bertz CT molecular complexity index is 1010. The van der Waals surface area contributed by atoms with Crippen LogP contribution in [0.5, 0.6) is 0 Å². The van der Waals surface area contributed by atoms with Crippen molar-refractivity contribution in [3.8, 4) is 11.1 Å². The van der Waals surface area contributed by atoms with E-state index in [4.69, 9.17) is 5.21 Å². The van der Waals surface area contributed by atoms with Gasteiger partial charge < -0.3 is 5.32 Å². The number of aromatic amines is 1. The van der Waals surface area contributed by atoms with Gasteiger partial charge in [-0.2, -0.15) is 5.10 Å². The van der Waals surface area contributed by atoms with E-state index in [2.05, 4.69) is 15.5 Å². The van der Waals surface area contributed by atoms with Crippen molar-refractivity contribution in [3.05, 3.63) is 72.1 Å². The number of carbonyl (C=O) groups is 2. The molecule has 0 unspecified atom stereocenters. The second-order valence-electron chi connectivity index (χ2n) is 7.68. The van der Waals surface area contributed by atoms with E-state index < -0.39 is 11.3 Å². The van der Waals surface area contributed by atoms with E-state index in [0.29, 0.717) is 11.3 Å². The van der Waals surface area contributed by atoms with Crippen LogP contribution in [0, 0.1) is 0 Å². The molecule has 1 heterocycles. The van der Waals surface area contributed by atoms with Crippen molar-refractivity contribution in [2.75, 3.05) is 5.32 Å². The first-order valence-corrected chi connectivity index (χ1v) is 10.1. The number of hydroxylamine groups is 1. The summed E-state index contributed by atoms with van der Waals surface area (Å²) >= 11 is 0. The van der Waals surface area contributed by atoms with E-state index >= 15 is 0 Å². The van der Waals surface area contributed by atoms with Crippen LogP contribution >= 0.6 is 0 Å². The number of benzene rings is 2. The molecule has 30 heavy (non-hydrogen) atoms. The van der Waals surface area contributed by atoms with E-state index in [1.807, 2.05) is 30.5 Å². The molecular weight excluding hydrogens is 380 g/mol. The molecule has 0 saturated heterocycles. The van der Waals surface area contributed by atoms with Crippen LogP contribution in [0.4, 0.5) is 5.69 Å². The number of nitrogens with one attached hydrogen (secondary N) is 3. The maximum Gasteiger partial charge on any atom is 0.274 e. The van der Waals surface area contributed by atoms with Gasteiger partial charge in [0, 0.05) is 23.0 Å². The van der Waals surface area contributed by atoms with E-state index in [9.17, 15) is 9.59 Å². The number of aromatic nitrogens is 2. The number of hydrogen-bond donors (Lipinski definition) is 4. The van der Waals surface area contributed by atoms with Gasteiger partial charge in [-0.05, 0) is 48.2 Å². The molecule has 1 aliphatic rings. The molecule has 3 aromatic rings. The topological polar surface area (TPSA) is 107 Å². The number of H-pyrrole nitrogens is 1. The highest BCUT2D eigenvalue weighted by atomic mass is 16.5. The molecule has 4 N–H and O–H groups in total. The van der Waals surface area contributed by atoms with Crippen LogP contribution in [0.1, 0.15) is 48.0 Å². The smallest absolute Gasteiger partial charge is 0.274 e. The predicted octanol–water partition coefficient (Wildman–Crippen LogP) is 4.04. The quantitative estimate of drug-likeness (QED) is 0.380. The number of nitrogens with zero attached hydrogens (tertiary/aromatic N) is 1. The summed E-state index contributed by atoms with van der Waals surface area (Å²) in [5.41, 5.74) is 5.04. The number of anilines is 1. The Labute approximate surface area is 174 Å². The minimum absolute atomic E-state index is 0.0300. The van der Waals surface area contributed by atoms with Gasteiger partial charge in [-0.15, -0.1) is 0 Å². The molecule has 0 spiro atoms. The molecule has 1 aliphatic carbocycles. The fourth-order valence-electron chi connectivity index (χ4n) is 4.21. The van der Waals surface area contributed by atoms with Crippen LogP contribution in [0.2, 0.25) is 0 Å². The van der Waals surface area contributed by atoms with E-state index in [-0.39, 0.29) is 5.91 Å². The molecule has 0 atom stereocenters. The van der Waals surface area contributed by atoms with Crippen molar-refractivity contribution in [1.29, 1.82) is 0 Å². The van der Waals surface area contributed by atoms with Crippen molar-refractivity contribution < 1.29 is 14.8 Å². The molecule has 1 aromatic heterocycles. The molecule has 1 fully saturated rings. The zero-order valence-corrected chi connectivity index (χ0v) is 16.5. The van der Waals surface area contributed by atoms with Crippen LogP contribution in [-0.2, 0) is 10.2 Å². The summed E-state index contributed by atoms with van der Waals surface area (Å²) in [5.74, 6) is -0.619. The van der Waals surface area contributed by atoms with E-state index in [1.165, 1.54) is 0 Å². The summed E-state index contributed by atoms with van der Waals surface area (Å²) in [4.78, 5) is 24.9. The van der Waals surface area contributed by atoms with Gasteiger partial charge in [0.25, 0.3) is 5.91 Å². The standard InChI is InChI=1S/C23H24N4O3/c28-21(27-30)17-6-10-20(11-7-17)26-22(29)23(12-2-1-3-13-23)19-8-4-16(5-9-19)18-14-24-25-15-18/h4-11,14-15,30H,1-3,12-13H2,(H,24,25)(H,26,29)(H,27,28). The number of carbonyl (C=O) groups excluding carboxylic acids is 2. The SMILES string of the molecule is O=C(NO)c1ccc(NC(=O)C2(c3ccc(-c4cn[nH]c4)cc3)CCCCC2)cc1. The van der Waals surface area contributed by atoms with Crippen molar-refractivity contribution in [1.82, 2.24) is 15.7 Å². The summed E-state index contributed by atoms with van der Waals surface area (Å²) in [6.07, 6.45) is 8.37. The zero-order chi connectivity index (χ0) is 21.0. The number of amides is 2. The molecule has 1 saturated carbocycles. The predicted molar refractivity (Wildman–Crippen MR) is 113 cm³/mol. The van der Waals surface area contributed by atoms with E-state index in [0.717, 1.165) is 48.8 Å². The van der Waals surface area contributed by atoms with Gasteiger partial charge >= 0.3 is 0 Å². The van der Waals surface area contributed by atoms with Gasteiger partial charge in [-0.3, -0.25) is 19.9 Å². The monoisotopic (exact) mass is 404 g/mol. The average Bonchev–Trinajstić information content (AvgIpc) is 3.34. The fourth-order valence-corrected chi connectivity index (χ4v) is 4.21. The Morgan fingerprint density at radius 2 is 1.63 bits per heavy atom. The normalized spacial score (nSPS) is 15.4. The maximum absolute atomic E-state index is 13.4. The summed E-state index contributed by atoms with van der Waals surface area (Å²) in [5, 5.41) is 18.6. The molecule has 154 valence electrons. The Balaban J connectivity index is 1.58. The second-order valence-corrected chi connectivity index (χ2v) is 7.68. The molecule has 7 heteroatoms. The van der Waals surface area contributed by atoms with Crippen LogP contribution in [0.25, 0.3) is 11.1 Å². The van der Waals surface area contributed by atoms with Gasteiger partial charge in [-0.1, -0.05) is 43.5 Å². The minimum Gasteiger partial charge on any atom is -0.325 e. The zero-order valence-electron chi connectivity index (χ0n) is 16.5. The lowest BCUT2D eigenvalue weighted by atomic mass is 9.68. The summed E-state index contributed by atoms with van der Waals surface area (Å²) < 4.78 is 0. The average molecular weight is 404 g/mol. The van der Waals surface area contributed by atoms with Gasteiger partial charge in [0.2, 0.25) is 5.91 Å². The van der Waals surface area contributed by atoms with Crippen molar-refractivity contribution >= 4 is 17.5 Å². The minimum atomic E-state index is -0.589. The summed E-state index contributed by atoms with van der Waals surface area (Å²) in [6.45, 7) is 0. The molecule has 4 rings (SSSR count). The Kier molecular flexibility index (Phi) is 5.63. The molecule has 0 radical (unpaired) electrons. The Hall–Kier alpha value is -3.45. The maximum atomic E-state index is 13.4. The van der Waals surface area contributed by atoms with Gasteiger partial charge in [-0.25, -0.2) is 5.48 Å². The summed E-state index contributed by atoms with van der Waals surface area (Å²) in [7, 11) is 0. The summed E-state index contributed by atoms with van der Waals surface area (Å²) in [6, 6.07) is 14.6. The van der Waals surface area contributed by atoms with Crippen LogP contribution in [-0.4, -0.2) is 27.2 Å². The molecular formula is C23H24N4O3. The van der Waals surface area contributed by atoms with E-state index in [1.54, 1.807) is 35.9 Å². The lowest BCUT2D eigenvalue weighted by Crippen LogP contribution is -2.42. The lowest BCUT2D eigenvalue weighted by molar-refractivity contribution is -0.122. The second kappa shape index (κ2) is 8.51. The highest BCUT2D eigenvalue weighted by molar-refractivity contribution is 6.00. The lowest BCUT2D eigenvalue weighted by Gasteiger charge is -2.36. The van der Waals surface area contributed by atoms with Crippen molar-refractivity contribution in [2.24, 2.45) is 0 Å². The fraction of sp³-hybridized carbons (Fsp3) is 0.261. The Morgan fingerprint density at radius 1 is 0.933 bits per heavy atom. The highest BCUT2D eigenvalue weighted by Crippen LogP contribution is 2.41. The van der Waals surface area contributed by atoms with Gasteiger partial charge in [0.05, 0.1) is 11.6 Å². The molecule has 2 aromatic carbocycles. The largest absolute Gasteiger partial charge is 0.325 e. The highest BCUT2D eigenvalue weighted by Gasteiger charge is 2.41. The molecule has 0 bridgehead atoms. The van der Waals surface area contributed by atoms with Crippen molar-refractivity contribution in [3.63, 3.8) is 0 Å². The molecule has 0 aliphatic heterocycles. The number of rotatable bonds is 5. The van der Waals surface area contributed by atoms with Crippen LogP contribution in [0.3, 0.4) is 0 Å². The Morgan fingerprint density at radius 3 is 2.23 bits per heavy atom. The van der Waals surface area contributed by atoms with Crippen LogP contribution in [0.15, 0.2) is 60.9 Å². The number of hydrogen-bond acceptors (Lipinski definition) is 4. The third-order valence-corrected chi connectivity index (χ3v) is 5.92. The third-order valence-electron chi connectivity index (χ3n) is 5.92. The van der Waals surface area contributed by atoms with Gasteiger partial charge in [0.1, 0.15) is 0 Å². The van der Waals surface area contributed by atoms with Crippen molar-refractivity contribution in [2.45, 2.75) is 37.5 Å². The molecule has 7 nitrogen and oxygen atoms in total. The first-order chi connectivity index (χ1) is 14.6. The third kappa shape index (κ3) is 3.84. The first-order valence-electron chi connectivity index (χ1n) is 10.1. The first kappa shape index (κ1) is 19.8.